The van der Waals surface area contributed by atoms with E-state index in [4.69, 9.17) is 4.99 Å². The van der Waals surface area contributed by atoms with Crippen molar-refractivity contribution in [1.29, 1.82) is 0 Å². The molecule has 0 spiro atoms. The van der Waals surface area contributed by atoms with Crippen molar-refractivity contribution in [3.05, 3.63) is 47.2 Å². The Labute approximate surface area is 153 Å². The summed E-state index contributed by atoms with van der Waals surface area (Å²) in [5, 5.41) is 0. The first kappa shape index (κ1) is 18.1. The summed E-state index contributed by atoms with van der Waals surface area (Å²) >= 11 is 0. The largest absolute Gasteiger partial charge is 0.241 e. The number of nitrogens with zero attached hydrogens (tertiary/aromatic N) is 2. The molecule has 3 rings (SSSR count). The van der Waals surface area contributed by atoms with E-state index in [-0.39, 0.29) is 0 Å². The Hall–Kier alpha value is -1.70. The Balaban J connectivity index is 1.69. The van der Waals surface area contributed by atoms with Crippen LogP contribution in [-0.4, -0.2) is 12.1 Å². The maximum atomic E-state index is 4.73. The van der Waals surface area contributed by atoms with Crippen molar-refractivity contribution in [2.75, 3.05) is 0 Å². The highest BCUT2D eigenvalue weighted by atomic mass is 14.9. The lowest BCUT2D eigenvalue weighted by Crippen LogP contribution is -2.26. The zero-order valence-corrected chi connectivity index (χ0v) is 16.3. The second-order valence-corrected chi connectivity index (χ2v) is 8.64. The summed E-state index contributed by atoms with van der Waals surface area (Å²) in [5.74, 6) is 2.40. The average Bonchev–Trinajstić information content (AvgIpc) is 2.87. The van der Waals surface area contributed by atoms with Gasteiger partial charge in [0.2, 0.25) is 0 Å². The SMILES string of the molecule is CCc1ccc(C2=NC=C(C3CCC(C(C)(C)C)CC3)CC=N2)cc1. The monoisotopic (exact) mass is 336 g/mol. The summed E-state index contributed by atoms with van der Waals surface area (Å²) in [6.45, 7) is 9.33. The standard InChI is InChI=1S/C23H32N2/c1-5-17-6-8-19(9-7-17)22-24-15-14-20(16-25-22)18-10-12-21(13-11-18)23(2,3)4/h6-9,15-16,18,21H,5,10-14H2,1-4H3. The van der Waals surface area contributed by atoms with Crippen molar-refractivity contribution >= 4 is 12.1 Å². The number of benzene rings is 1. The van der Waals surface area contributed by atoms with E-state index < -0.39 is 0 Å². The van der Waals surface area contributed by atoms with Crippen LogP contribution in [-0.2, 0) is 6.42 Å². The molecule has 0 saturated heterocycles. The predicted molar refractivity (Wildman–Crippen MR) is 108 cm³/mol. The van der Waals surface area contributed by atoms with Gasteiger partial charge < -0.3 is 0 Å². The second kappa shape index (κ2) is 7.68. The van der Waals surface area contributed by atoms with Crippen LogP contribution < -0.4 is 0 Å². The highest BCUT2D eigenvalue weighted by Gasteiger charge is 2.30. The third-order valence-corrected chi connectivity index (χ3v) is 5.99. The van der Waals surface area contributed by atoms with E-state index in [0.29, 0.717) is 11.3 Å². The Morgan fingerprint density at radius 1 is 1.00 bits per heavy atom. The number of hydrogen-bond donors (Lipinski definition) is 0. The molecule has 25 heavy (non-hydrogen) atoms. The molecule has 1 aromatic carbocycles. The number of aliphatic imine (C=N–C) groups is 2. The van der Waals surface area contributed by atoms with Crippen LogP contribution >= 0.6 is 0 Å². The van der Waals surface area contributed by atoms with Crippen LogP contribution in [0.3, 0.4) is 0 Å². The van der Waals surface area contributed by atoms with Gasteiger partial charge in [0.25, 0.3) is 0 Å². The number of amidine groups is 1. The molecule has 0 bridgehead atoms. The molecule has 0 aromatic heterocycles. The molecule has 2 nitrogen and oxygen atoms in total. The minimum Gasteiger partial charge on any atom is -0.241 e. The van der Waals surface area contributed by atoms with Gasteiger partial charge in [0.1, 0.15) is 0 Å². The summed E-state index contributed by atoms with van der Waals surface area (Å²) in [6, 6.07) is 8.64. The lowest BCUT2D eigenvalue weighted by atomic mass is 9.68. The lowest BCUT2D eigenvalue weighted by Gasteiger charge is -2.37. The maximum Gasteiger partial charge on any atom is 0.158 e. The van der Waals surface area contributed by atoms with Crippen LogP contribution in [0.25, 0.3) is 0 Å². The van der Waals surface area contributed by atoms with Crippen molar-refractivity contribution < 1.29 is 0 Å². The smallest absolute Gasteiger partial charge is 0.158 e. The van der Waals surface area contributed by atoms with Crippen molar-refractivity contribution in [2.24, 2.45) is 27.2 Å². The number of aryl methyl sites for hydroxylation is 1. The Bertz CT molecular complexity index is 663. The molecule has 0 atom stereocenters. The van der Waals surface area contributed by atoms with Crippen LogP contribution in [0.1, 0.15) is 70.9 Å². The van der Waals surface area contributed by atoms with Crippen molar-refractivity contribution in [3.8, 4) is 0 Å². The summed E-state index contributed by atoms with van der Waals surface area (Å²) < 4.78 is 0. The van der Waals surface area contributed by atoms with E-state index in [1.54, 1.807) is 0 Å². The predicted octanol–water partition coefficient (Wildman–Crippen LogP) is 6.21. The van der Waals surface area contributed by atoms with E-state index in [9.17, 15) is 0 Å². The molecule has 2 heteroatoms. The summed E-state index contributed by atoms with van der Waals surface area (Å²) in [7, 11) is 0. The molecule has 1 saturated carbocycles. The molecule has 1 fully saturated rings. The van der Waals surface area contributed by atoms with Crippen LogP contribution in [0.15, 0.2) is 46.0 Å². The normalized spacial score (nSPS) is 24.5. The topological polar surface area (TPSA) is 24.7 Å². The molecule has 0 unspecified atom stereocenters. The van der Waals surface area contributed by atoms with Gasteiger partial charge in [-0.2, -0.15) is 0 Å². The first-order chi connectivity index (χ1) is 12.0. The minimum atomic E-state index is 0.445. The van der Waals surface area contributed by atoms with Gasteiger partial charge in [-0.25, -0.2) is 9.98 Å². The van der Waals surface area contributed by atoms with E-state index in [1.165, 1.54) is 36.8 Å². The van der Waals surface area contributed by atoms with Gasteiger partial charge in [0, 0.05) is 24.4 Å². The summed E-state index contributed by atoms with van der Waals surface area (Å²) in [4.78, 5) is 9.35. The van der Waals surface area contributed by atoms with Crippen LogP contribution in [0, 0.1) is 17.3 Å². The van der Waals surface area contributed by atoms with Gasteiger partial charge in [-0.1, -0.05) is 52.0 Å². The molecule has 2 aliphatic rings. The Kier molecular flexibility index (Phi) is 5.56. The molecule has 1 aliphatic heterocycles. The maximum absolute atomic E-state index is 4.73. The van der Waals surface area contributed by atoms with Gasteiger partial charge in [0.05, 0.1) is 0 Å². The van der Waals surface area contributed by atoms with Gasteiger partial charge >= 0.3 is 0 Å². The fourth-order valence-corrected chi connectivity index (χ4v) is 4.11. The van der Waals surface area contributed by atoms with Crippen molar-refractivity contribution in [2.45, 2.75) is 66.2 Å². The van der Waals surface area contributed by atoms with Gasteiger partial charge in [-0.15, -0.1) is 0 Å². The number of hydrogen-bond acceptors (Lipinski definition) is 2. The highest BCUT2D eigenvalue weighted by Crippen LogP contribution is 2.42. The quantitative estimate of drug-likeness (QED) is 0.627. The average molecular weight is 337 g/mol. The molecule has 1 heterocycles. The lowest BCUT2D eigenvalue weighted by molar-refractivity contribution is 0.159. The third kappa shape index (κ3) is 4.48. The van der Waals surface area contributed by atoms with Crippen LogP contribution in [0.4, 0.5) is 0 Å². The van der Waals surface area contributed by atoms with E-state index in [2.05, 4.69) is 69.4 Å². The zero-order chi connectivity index (χ0) is 17.9. The fraction of sp³-hybridized carbons (Fsp3) is 0.565. The van der Waals surface area contributed by atoms with E-state index in [0.717, 1.165) is 30.2 Å². The Morgan fingerprint density at radius 3 is 2.28 bits per heavy atom. The second-order valence-electron chi connectivity index (χ2n) is 8.64. The first-order valence-electron chi connectivity index (χ1n) is 9.86. The summed E-state index contributed by atoms with van der Waals surface area (Å²) in [6.07, 6.45) is 11.5. The zero-order valence-electron chi connectivity index (χ0n) is 16.3. The van der Waals surface area contributed by atoms with E-state index >= 15 is 0 Å². The van der Waals surface area contributed by atoms with Crippen LogP contribution in [0.5, 0.6) is 0 Å². The minimum absolute atomic E-state index is 0.445. The van der Waals surface area contributed by atoms with Crippen molar-refractivity contribution in [3.63, 3.8) is 0 Å². The molecule has 0 amide bonds. The highest BCUT2D eigenvalue weighted by molar-refractivity contribution is 6.04. The molecule has 1 aliphatic carbocycles. The molecule has 134 valence electrons. The molecule has 1 aromatic rings. The fourth-order valence-electron chi connectivity index (χ4n) is 4.11. The summed E-state index contributed by atoms with van der Waals surface area (Å²) in [5.41, 5.74) is 4.38. The third-order valence-electron chi connectivity index (χ3n) is 5.99. The van der Waals surface area contributed by atoms with Gasteiger partial charge in [-0.3, -0.25) is 0 Å². The molecule has 0 N–H and O–H groups in total. The molecule has 0 radical (unpaired) electrons. The van der Waals surface area contributed by atoms with E-state index in [1.807, 2.05) is 0 Å². The molecular formula is C23H32N2. The number of allylic oxidation sites excluding steroid dienone is 1. The molecular weight excluding hydrogens is 304 g/mol. The first-order valence-corrected chi connectivity index (χ1v) is 9.86. The van der Waals surface area contributed by atoms with Gasteiger partial charge in [0.15, 0.2) is 5.84 Å². The van der Waals surface area contributed by atoms with Gasteiger partial charge in [-0.05, 0) is 60.5 Å². The number of rotatable bonds is 3. The Morgan fingerprint density at radius 2 is 1.68 bits per heavy atom. The van der Waals surface area contributed by atoms with Crippen LogP contribution in [0.2, 0.25) is 0 Å². The van der Waals surface area contributed by atoms with Crippen molar-refractivity contribution in [1.82, 2.24) is 0 Å².